The van der Waals surface area contributed by atoms with E-state index in [0.29, 0.717) is 0 Å². The first kappa shape index (κ1) is 18.1. The number of fused-ring (bicyclic) bond motifs is 1. The van der Waals surface area contributed by atoms with Crippen LogP contribution in [0.1, 0.15) is 17.4 Å². The Hall–Kier alpha value is -1.70. The lowest BCUT2D eigenvalue weighted by Crippen LogP contribution is -2.47. The van der Waals surface area contributed by atoms with Gasteiger partial charge in [0.05, 0.1) is 31.4 Å². The molecule has 0 bridgehead atoms. The molecule has 1 N–H and O–H groups in total. The van der Waals surface area contributed by atoms with E-state index in [9.17, 15) is 4.79 Å². The number of nitrogens with zero attached hydrogens (tertiary/aromatic N) is 2. The third-order valence-electron chi connectivity index (χ3n) is 4.40. The number of methoxy groups -OCH3 is 1. The zero-order valence-corrected chi connectivity index (χ0v) is 16.2. The van der Waals surface area contributed by atoms with Crippen LogP contribution in [0.4, 0.5) is 5.69 Å². The normalized spacial score (nSPS) is 19.6. The monoisotopic (exact) mass is 407 g/mol. The lowest BCUT2D eigenvalue weighted by atomic mass is 10.1. The van der Waals surface area contributed by atoms with Crippen LogP contribution >= 0.6 is 15.9 Å². The van der Waals surface area contributed by atoms with E-state index >= 15 is 0 Å². The van der Waals surface area contributed by atoms with E-state index in [4.69, 9.17) is 9.47 Å². The summed E-state index contributed by atoms with van der Waals surface area (Å²) in [7, 11) is 3.45. The van der Waals surface area contributed by atoms with E-state index in [-0.39, 0.29) is 17.8 Å². The quantitative estimate of drug-likeness (QED) is 0.786. The third-order valence-corrected chi connectivity index (χ3v) is 4.90. The number of pyridine rings is 1. The van der Waals surface area contributed by atoms with Crippen molar-refractivity contribution in [2.45, 2.75) is 19.1 Å². The number of carbonyl (C=O) groups is 1. The van der Waals surface area contributed by atoms with Crippen molar-refractivity contribution in [3.8, 4) is 0 Å². The minimum atomic E-state index is -0.450. The van der Waals surface area contributed by atoms with Crippen LogP contribution in [0.2, 0.25) is 0 Å². The van der Waals surface area contributed by atoms with E-state index in [2.05, 4.69) is 45.1 Å². The number of carbonyl (C=O) groups excluding carboxylic acids is 1. The Balaban J connectivity index is 1.95. The number of nitrogens with one attached hydrogen (secondary N) is 1. The van der Waals surface area contributed by atoms with Gasteiger partial charge in [-0.05, 0) is 38.2 Å². The minimum Gasteiger partial charge on any atom is -0.464 e. The average molecular weight is 408 g/mol. The third kappa shape index (κ3) is 4.11. The number of aromatic nitrogens is 1. The average Bonchev–Trinajstić information content (AvgIpc) is 2.61. The van der Waals surface area contributed by atoms with Crippen LogP contribution in [0.5, 0.6) is 0 Å². The molecule has 3 rings (SSSR count). The van der Waals surface area contributed by atoms with Gasteiger partial charge >= 0.3 is 5.97 Å². The van der Waals surface area contributed by atoms with Crippen molar-refractivity contribution < 1.29 is 14.3 Å². The van der Waals surface area contributed by atoms with Gasteiger partial charge in [-0.15, -0.1) is 0 Å². The number of morpholine rings is 1. The van der Waals surface area contributed by atoms with Gasteiger partial charge in [-0.1, -0.05) is 15.9 Å². The largest absolute Gasteiger partial charge is 0.464 e. The molecular weight excluding hydrogens is 386 g/mol. The summed E-state index contributed by atoms with van der Waals surface area (Å²) < 4.78 is 11.7. The van der Waals surface area contributed by atoms with Gasteiger partial charge in [-0.2, -0.15) is 0 Å². The summed E-state index contributed by atoms with van der Waals surface area (Å²) in [6.07, 6.45) is 0.0793. The second-order valence-electron chi connectivity index (χ2n) is 6.31. The van der Waals surface area contributed by atoms with Crippen LogP contribution in [0.3, 0.4) is 0 Å². The second-order valence-corrected chi connectivity index (χ2v) is 7.23. The molecule has 1 aromatic carbocycles. The first-order valence-corrected chi connectivity index (χ1v) is 9.02. The molecule has 0 aliphatic carbocycles. The topological polar surface area (TPSA) is 63.7 Å². The maximum absolute atomic E-state index is 12.0. The smallest absolute Gasteiger partial charge is 0.356 e. The molecule has 0 spiro atoms. The fourth-order valence-corrected chi connectivity index (χ4v) is 3.34. The highest BCUT2D eigenvalue weighted by molar-refractivity contribution is 9.10. The van der Waals surface area contributed by atoms with E-state index in [0.717, 1.165) is 40.8 Å². The van der Waals surface area contributed by atoms with Gasteiger partial charge in [0.25, 0.3) is 0 Å². The fourth-order valence-electron chi connectivity index (χ4n) is 2.98. The predicted molar refractivity (Wildman–Crippen MR) is 101 cm³/mol. The molecule has 1 aliphatic heterocycles. The van der Waals surface area contributed by atoms with E-state index in [1.54, 1.807) is 6.07 Å². The lowest BCUT2D eigenvalue weighted by molar-refractivity contribution is -0.0259. The van der Waals surface area contributed by atoms with Crippen LogP contribution in [-0.2, 0) is 9.47 Å². The molecule has 0 radical (unpaired) electrons. The standard InChI is InChI=1S/C18H22BrN3O3/c1-11(17-10-22(2)6-7-25-17)20-15-9-16(18(23)24-3)21-14-5-4-12(19)8-13(14)15/h4-5,8-9,11,17H,6-7,10H2,1-3H3,(H,20,21). The van der Waals surface area contributed by atoms with Gasteiger partial charge < -0.3 is 19.7 Å². The summed E-state index contributed by atoms with van der Waals surface area (Å²) in [5, 5.41) is 4.44. The Morgan fingerprint density at radius 2 is 2.28 bits per heavy atom. The van der Waals surface area contributed by atoms with E-state index in [1.807, 2.05) is 18.2 Å². The molecule has 7 heteroatoms. The Kier molecular flexibility index (Phi) is 5.56. The molecule has 134 valence electrons. The molecule has 1 saturated heterocycles. The first-order chi connectivity index (χ1) is 12.0. The number of anilines is 1. The molecule has 6 nitrogen and oxygen atoms in total. The Morgan fingerprint density at radius 1 is 1.48 bits per heavy atom. The van der Waals surface area contributed by atoms with Crippen LogP contribution in [0.15, 0.2) is 28.7 Å². The number of hydrogen-bond acceptors (Lipinski definition) is 6. The number of likely N-dealkylation sites (N-methyl/N-ethyl adjacent to an activating group) is 1. The molecule has 0 amide bonds. The van der Waals surface area contributed by atoms with Crippen LogP contribution in [0.25, 0.3) is 10.9 Å². The van der Waals surface area contributed by atoms with Crippen molar-refractivity contribution in [3.05, 3.63) is 34.4 Å². The molecule has 2 unspecified atom stereocenters. The molecular formula is C18H22BrN3O3. The van der Waals surface area contributed by atoms with Crippen LogP contribution < -0.4 is 5.32 Å². The van der Waals surface area contributed by atoms with Gasteiger partial charge in [0.2, 0.25) is 0 Å². The highest BCUT2D eigenvalue weighted by Crippen LogP contribution is 2.28. The fraction of sp³-hybridized carbons (Fsp3) is 0.444. The lowest BCUT2D eigenvalue weighted by Gasteiger charge is -2.34. The van der Waals surface area contributed by atoms with Crippen LogP contribution in [0, 0.1) is 0 Å². The molecule has 1 fully saturated rings. The zero-order chi connectivity index (χ0) is 18.0. The first-order valence-electron chi connectivity index (χ1n) is 8.23. The van der Waals surface area contributed by atoms with Crippen molar-refractivity contribution in [1.29, 1.82) is 0 Å². The molecule has 25 heavy (non-hydrogen) atoms. The minimum absolute atomic E-state index is 0.0793. The molecule has 1 aliphatic rings. The highest BCUT2D eigenvalue weighted by Gasteiger charge is 2.24. The number of benzene rings is 1. The number of ether oxygens (including phenoxy) is 2. The molecule has 1 aromatic heterocycles. The molecule has 2 atom stereocenters. The molecule has 2 aromatic rings. The Labute approximate surface area is 155 Å². The van der Waals surface area contributed by atoms with Gasteiger partial charge in [-0.25, -0.2) is 9.78 Å². The van der Waals surface area contributed by atoms with Crippen molar-refractivity contribution in [3.63, 3.8) is 0 Å². The van der Waals surface area contributed by atoms with E-state index in [1.165, 1.54) is 7.11 Å². The second kappa shape index (κ2) is 7.68. The SMILES string of the molecule is COC(=O)c1cc(NC(C)C2CN(C)CCO2)c2cc(Br)ccc2n1. The van der Waals surface area contributed by atoms with Gasteiger partial charge in [0, 0.05) is 28.6 Å². The highest BCUT2D eigenvalue weighted by atomic mass is 79.9. The number of esters is 1. The van der Waals surface area contributed by atoms with Gasteiger partial charge in [0.15, 0.2) is 5.69 Å². The van der Waals surface area contributed by atoms with Gasteiger partial charge in [0.1, 0.15) is 0 Å². The number of hydrogen-bond donors (Lipinski definition) is 1. The summed E-state index contributed by atoms with van der Waals surface area (Å²) >= 11 is 3.50. The van der Waals surface area contributed by atoms with Gasteiger partial charge in [-0.3, -0.25) is 0 Å². The van der Waals surface area contributed by atoms with Crippen molar-refractivity contribution in [2.75, 3.05) is 39.2 Å². The Morgan fingerprint density at radius 3 is 3.00 bits per heavy atom. The molecule has 2 heterocycles. The summed E-state index contributed by atoms with van der Waals surface area (Å²) in [6, 6.07) is 7.60. The van der Waals surface area contributed by atoms with Crippen molar-refractivity contribution in [2.24, 2.45) is 0 Å². The molecule has 0 saturated carbocycles. The van der Waals surface area contributed by atoms with Crippen molar-refractivity contribution >= 4 is 38.5 Å². The maximum Gasteiger partial charge on any atom is 0.356 e. The summed E-state index contributed by atoms with van der Waals surface area (Å²) in [6.45, 7) is 4.63. The maximum atomic E-state index is 12.0. The van der Waals surface area contributed by atoms with Crippen LogP contribution in [-0.4, -0.2) is 61.9 Å². The number of halogens is 1. The Bertz CT molecular complexity index is 783. The summed E-state index contributed by atoms with van der Waals surface area (Å²) in [4.78, 5) is 18.6. The zero-order valence-electron chi connectivity index (χ0n) is 14.6. The summed E-state index contributed by atoms with van der Waals surface area (Å²) in [5.41, 5.74) is 1.87. The van der Waals surface area contributed by atoms with E-state index < -0.39 is 5.97 Å². The summed E-state index contributed by atoms with van der Waals surface area (Å²) in [5.74, 6) is -0.450. The predicted octanol–water partition coefficient (Wildman–Crippen LogP) is 2.91. The number of rotatable bonds is 4. The van der Waals surface area contributed by atoms with Crippen molar-refractivity contribution in [1.82, 2.24) is 9.88 Å².